The van der Waals surface area contributed by atoms with Gasteiger partial charge < -0.3 is 15.5 Å². The van der Waals surface area contributed by atoms with Crippen LogP contribution in [0, 0.1) is 5.41 Å². The van der Waals surface area contributed by atoms with Gasteiger partial charge in [-0.1, -0.05) is 6.07 Å². The fourth-order valence-corrected chi connectivity index (χ4v) is 1.62. The Balaban J connectivity index is 2.48. The number of amides is 2. The number of carbonyl (C=O) groups is 2. The predicted octanol–water partition coefficient (Wildman–Crippen LogP) is 0.402. The van der Waals surface area contributed by atoms with Crippen molar-refractivity contribution in [2.45, 2.75) is 20.4 Å². The van der Waals surface area contributed by atoms with Crippen molar-refractivity contribution in [3.63, 3.8) is 0 Å². The lowest BCUT2D eigenvalue weighted by Crippen LogP contribution is -2.48. The summed E-state index contributed by atoms with van der Waals surface area (Å²) in [5, 5.41) is 5.55. The summed E-state index contributed by atoms with van der Waals surface area (Å²) in [5.74, 6) is -0.568. The highest BCUT2D eigenvalue weighted by Gasteiger charge is 2.35. The molecule has 0 saturated heterocycles. The molecule has 1 rings (SSSR count). The van der Waals surface area contributed by atoms with Gasteiger partial charge in [0.15, 0.2) is 0 Å². The molecule has 2 amide bonds. The van der Waals surface area contributed by atoms with E-state index in [1.807, 2.05) is 25.1 Å². The Bertz CT molecular complexity index is 472. The maximum atomic E-state index is 12.2. The zero-order valence-electron chi connectivity index (χ0n) is 13.1. The Morgan fingerprint density at radius 2 is 1.90 bits per heavy atom. The van der Waals surface area contributed by atoms with E-state index in [0.717, 1.165) is 12.1 Å². The molecule has 0 spiro atoms. The van der Waals surface area contributed by atoms with Gasteiger partial charge in [-0.3, -0.25) is 14.6 Å². The monoisotopic (exact) mass is 292 g/mol. The second-order valence-corrected chi connectivity index (χ2v) is 5.73. The van der Waals surface area contributed by atoms with Crippen molar-refractivity contribution in [2.24, 2.45) is 5.41 Å². The third kappa shape index (κ3) is 5.51. The first-order chi connectivity index (χ1) is 9.84. The highest BCUT2D eigenvalue weighted by Crippen LogP contribution is 2.15. The van der Waals surface area contributed by atoms with Gasteiger partial charge in [-0.25, -0.2) is 0 Å². The molecule has 0 radical (unpaired) electrons. The molecule has 0 atom stereocenters. The smallest absolute Gasteiger partial charge is 0.235 e. The summed E-state index contributed by atoms with van der Waals surface area (Å²) in [4.78, 5) is 30.2. The molecule has 116 valence electrons. The zero-order chi connectivity index (χ0) is 15.9. The Hall–Kier alpha value is -1.95. The third-order valence-corrected chi connectivity index (χ3v) is 3.16. The molecule has 0 aliphatic rings. The third-order valence-electron chi connectivity index (χ3n) is 3.16. The van der Waals surface area contributed by atoms with Crippen LogP contribution in [0.1, 0.15) is 19.4 Å². The van der Waals surface area contributed by atoms with Gasteiger partial charge in [0, 0.05) is 32.0 Å². The SMILES string of the molecule is CN(C)CCNC(=O)C(C)(C)C(=O)NCc1cccnc1. The van der Waals surface area contributed by atoms with Gasteiger partial charge >= 0.3 is 0 Å². The summed E-state index contributed by atoms with van der Waals surface area (Å²) >= 11 is 0. The number of likely N-dealkylation sites (N-methyl/N-ethyl adjacent to an activating group) is 1. The number of carbonyl (C=O) groups excluding carboxylic acids is 2. The summed E-state index contributed by atoms with van der Waals surface area (Å²) in [6.07, 6.45) is 3.36. The van der Waals surface area contributed by atoms with Crippen LogP contribution in [0.2, 0.25) is 0 Å². The van der Waals surface area contributed by atoms with Crippen LogP contribution in [-0.4, -0.2) is 48.9 Å². The standard InChI is InChI=1S/C15H24N4O2/c1-15(2,13(20)17-8-9-19(3)4)14(21)18-11-12-6-5-7-16-10-12/h5-7,10H,8-9,11H2,1-4H3,(H,17,20)(H,18,21). The van der Waals surface area contributed by atoms with Gasteiger partial charge in [-0.2, -0.15) is 0 Å². The van der Waals surface area contributed by atoms with Crippen molar-refractivity contribution in [1.29, 1.82) is 0 Å². The van der Waals surface area contributed by atoms with Crippen LogP contribution < -0.4 is 10.6 Å². The van der Waals surface area contributed by atoms with Crippen molar-refractivity contribution < 1.29 is 9.59 Å². The van der Waals surface area contributed by atoms with E-state index in [2.05, 4.69) is 15.6 Å². The summed E-state index contributed by atoms with van der Waals surface area (Å²) < 4.78 is 0. The molecule has 0 fully saturated rings. The van der Waals surface area contributed by atoms with Crippen molar-refractivity contribution in [3.05, 3.63) is 30.1 Å². The highest BCUT2D eigenvalue weighted by molar-refractivity contribution is 6.04. The molecule has 2 N–H and O–H groups in total. The molecule has 0 aliphatic carbocycles. The minimum absolute atomic E-state index is 0.270. The number of nitrogens with zero attached hydrogens (tertiary/aromatic N) is 2. The first kappa shape index (κ1) is 17.1. The topological polar surface area (TPSA) is 74.3 Å². The Kier molecular flexibility index (Phi) is 6.30. The van der Waals surface area contributed by atoms with E-state index >= 15 is 0 Å². The van der Waals surface area contributed by atoms with Crippen molar-refractivity contribution in [1.82, 2.24) is 20.5 Å². The minimum atomic E-state index is -1.10. The molecule has 0 unspecified atom stereocenters. The molecule has 0 saturated carbocycles. The van der Waals surface area contributed by atoms with Crippen LogP contribution >= 0.6 is 0 Å². The maximum absolute atomic E-state index is 12.2. The first-order valence-electron chi connectivity index (χ1n) is 6.94. The van der Waals surface area contributed by atoms with E-state index in [4.69, 9.17) is 0 Å². The van der Waals surface area contributed by atoms with Crippen LogP contribution in [0.5, 0.6) is 0 Å². The zero-order valence-corrected chi connectivity index (χ0v) is 13.1. The van der Waals surface area contributed by atoms with Crippen LogP contribution in [0.15, 0.2) is 24.5 Å². The van der Waals surface area contributed by atoms with Crippen molar-refractivity contribution in [3.8, 4) is 0 Å². The average Bonchev–Trinajstić information content (AvgIpc) is 2.45. The number of rotatable bonds is 7. The molecule has 1 aromatic rings. The molecular formula is C15H24N4O2. The molecule has 6 nitrogen and oxygen atoms in total. The molecule has 1 heterocycles. The van der Waals surface area contributed by atoms with Crippen molar-refractivity contribution >= 4 is 11.8 Å². The first-order valence-corrected chi connectivity index (χ1v) is 6.94. The van der Waals surface area contributed by atoms with Crippen LogP contribution in [0.25, 0.3) is 0 Å². The Labute approximate surface area is 125 Å². The highest BCUT2D eigenvalue weighted by atomic mass is 16.2. The van der Waals surface area contributed by atoms with E-state index in [-0.39, 0.29) is 11.8 Å². The average molecular weight is 292 g/mol. The molecular weight excluding hydrogens is 268 g/mol. The van der Waals surface area contributed by atoms with E-state index in [1.165, 1.54) is 0 Å². The summed E-state index contributed by atoms with van der Waals surface area (Å²) in [5.41, 5.74) is -0.205. The van der Waals surface area contributed by atoms with Gasteiger partial charge in [0.1, 0.15) is 5.41 Å². The normalized spacial score (nSPS) is 11.3. The van der Waals surface area contributed by atoms with Crippen molar-refractivity contribution in [2.75, 3.05) is 27.2 Å². The molecule has 21 heavy (non-hydrogen) atoms. The number of nitrogens with one attached hydrogen (secondary N) is 2. The lowest BCUT2D eigenvalue weighted by atomic mass is 9.91. The summed E-state index contributed by atoms with van der Waals surface area (Å²) in [7, 11) is 3.86. The second-order valence-electron chi connectivity index (χ2n) is 5.73. The number of aromatic nitrogens is 1. The lowest BCUT2D eigenvalue weighted by molar-refractivity contribution is -0.141. The van der Waals surface area contributed by atoms with E-state index < -0.39 is 5.41 Å². The van der Waals surface area contributed by atoms with Crippen LogP contribution in [0.3, 0.4) is 0 Å². The van der Waals surface area contributed by atoms with E-state index in [9.17, 15) is 9.59 Å². The second kappa shape index (κ2) is 7.73. The van der Waals surface area contributed by atoms with E-state index in [1.54, 1.807) is 32.3 Å². The lowest BCUT2D eigenvalue weighted by Gasteiger charge is -2.23. The summed E-state index contributed by atoms with van der Waals surface area (Å²) in [6.45, 7) is 4.86. The molecule has 0 aromatic carbocycles. The number of hydrogen-bond donors (Lipinski definition) is 2. The predicted molar refractivity (Wildman–Crippen MR) is 81.4 cm³/mol. The quantitative estimate of drug-likeness (QED) is 0.714. The fourth-order valence-electron chi connectivity index (χ4n) is 1.62. The van der Waals surface area contributed by atoms with Crippen LogP contribution in [-0.2, 0) is 16.1 Å². The molecule has 1 aromatic heterocycles. The molecule has 0 aliphatic heterocycles. The summed E-state index contributed by atoms with van der Waals surface area (Å²) in [6, 6.07) is 3.68. The Morgan fingerprint density at radius 1 is 1.24 bits per heavy atom. The largest absolute Gasteiger partial charge is 0.354 e. The van der Waals surface area contributed by atoms with Crippen LogP contribution in [0.4, 0.5) is 0 Å². The fraction of sp³-hybridized carbons (Fsp3) is 0.533. The van der Waals surface area contributed by atoms with Gasteiger partial charge in [-0.15, -0.1) is 0 Å². The maximum Gasteiger partial charge on any atom is 0.235 e. The number of hydrogen-bond acceptors (Lipinski definition) is 4. The number of pyridine rings is 1. The molecule has 0 bridgehead atoms. The minimum Gasteiger partial charge on any atom is -0.354 e. The van der Waals surface area contributed by atoms with Gasteiger partial charge in [0.2, 0.25) is 11.8 Å². The van der Waals surface area contributed by atoms with Gasteiger partial charge in [-0.05, 0) is 39.6 Å². The Morgan fingerprint density at radius 3 is 2.48 bits per heavy atom. The molecule has 6 heteroatoms. The van der Waals surface area contributed by atoms with Gasteiger partial charge in [0.05, 0.1) is 0 Å². The van der Waals surface area contributed by atoms with Gasteiger partial charge in [0.25, 0.3) is 0 Å². The van der Waals surface area contributed by atoms with E-state index in [0.29, 0.717) is 13.1 Å².